The molecular formula is C11H12IN3. The Bertz CT molecular complexity index is 412. The monoisotopic (exact) mass is 313 g/mol. The first-order valence-corrected chi connectivity index (χ1v) is 6.55. The number of nitrogens with zero attached hydrogens (tertiary/aromatic N) is 3. The van der Waals surface area contributed by atoms with Gasteiger partial charge in [0.25, 0.3) is 0 Å². The van der Waals surface area contributed by atoms with Crippen LogP contribution in [-0.2, 0) is 12.0 Å². The summed E-state index contributed by atoms with van der Waals surface area (Å²) in [4.78, 5) is 3.02. The van der Waals surface area contributed by atoms with E-state index in [-0.39, 0.29) is 5.54 Å². The highest BCUT2D eigenvalue weighted by atomic mass is 127. The Morgan fingerprint density at radius 1 is 1.47 bits per heavy atom. The molecule has 1 aliphatic carbocycles. The van der Waals surface area contributed by atoms with Gasteiger partial charge in [-0.3, -0.25) is 0 Å². The molecule has 1 atom stereocenters. The minimum absolute atomic E-state index is 0.301. The second-order valence-electron chi connectivity index (χ2n) is 3.87. The summed E-state index contributed by atoms with van der Waals surface area (Å²) in [5.41, 5.74) is 11.0. The lowest BCUT2D eigenvalue weighted by Gasteiger charge is -2.33. The van der Waals surface area contributed by atoms with Crippen LogP contribution < -0.4 is 0 Å². The Balaban J connectivity index is 2.56. The van der Waals surface area contributed by atoms with Crippen molar-refractivity contribution < 1.29 is 0 Å². The molecule has 1 aromatic rings. The van der Waals surface area contributed by atoms with Gasteiger partial charge in [0, 0.05) is 9.34 Å². The molecule has 0 saturated carbocycles. The van der Waals surface area contributed by atoms with Gasteiger partial charge in [-0.2, -0.15) is 0 Å². The van der Waals surface area contributed by atoms with E-state index in [1.807, 2.05) is 6.07 Å². The van der Waals surface area contributed by atoms with Gasteiger partial charge in [-0.15, -0.1) is 0 Å². The first-order chi connectivity index (χ1) is 7.32. The molecule has 15 heavy (non-hydrogen) atoms. The molecule has 0 spiro atoms. The summed E-state index contributed by atoms with van der Waals surface area (Å²) in [5.74, 6) is 0. The number of azide groups is 1. The van der Waals surface area contributed by atoms with Crippen LogP contribution >= 0.6 is 22.6 Å². The molecule has 1 aliphatic rings. The van der Waals surface area contributed by atoms with E-state index in [1.54, 1.807) is 0 Å². The van der Waals surface area contributed by atoms with Crippen molar-refractivity contribution in [3.05, 3.63) is 45.8 Å². The summed E-state index contributed by atoms with van der Waals surface area (Å²) >= 11 is 2.31. The fraction of sp³-hybridized carbons (Fsp3) is 0.455. The van der Waals surface area contributed by atoms with Crippen LogP contribution in [0.25, 0.3) is 10.4 Å². The first-order valence-electron chi connectivity index (χ1n) is 5.03. The quantitative estimate of drug-likeness (QED) is 0.261. The predicted octanol–water partition coefficient (Wildman–Crippen LogP) is 3.96. The molecule has 3 nitrogen and oxygen atoms in total. The van der Waals surface area contributed by atoms with E-state index < -0.39 is 0 Å². The third kappa shape index (κ3) is 1.84. The summed E-state index contributed by atoms with van der Waals surface area (Å²) in [6.45, 7) is 0. The third-order valence-corrected chi connectivity index (χ3v) is 4.27. The maximum absolute atomic E-state index is 8.70. The van der Waals surface area contributed by atoms with Gasteiger partial charge in [-0.25, -0.2) is 0 Å². The van der Waals surface area contributed by atoms with Crippen molar-refractivity contribution in [1.82, 2.24) is 0 Å². The molecule has 0 fully saturated rings. The Hall–Kier alpha value is -0.740. The van der Waals surface area contributed by atoms with Crippen LogP contribution in [0.4, 0.5) is 0 Å². The average molecular weight is 313 g/mol. The second kappa shape index (κ2) is 4.41. The molecule has 0 aliphatic heterocycles. The zero-order valence-corrected chi connectivity index (χ0v) is 10.5. The number of alkyl halides is 1. The van der Waals surface area contributed by atoms with Gasteiger partial charge in [-0.05, 0) is 35.9 Å². The number of hydrogen-bond acceptors (Lipinski definition) is 1. The van der Waals surface area contributed by atoms with Gasteiger partial charge in [0.15, 0.2) is 0 Å². The minimum atomic E-state index is -0.301. The highest BCUT2D eigenvalue weighted by Gasteiger charge is 2.34. The Kier molecular flexibility index (Phi) is 3.17. The van der Waals surface area contributed by atoms with E-state index in [4.69, 9.17) is 5.53 Å². The lowest BCUT2D eigenvalue weighted by Crippen LogP contribution is -2.29. The van der Waals surface area contributed by atoms with Crippen LogP contribution in [0.3, 0.4) is 0 Å². The van der Waals surface area contributed by atoms with Gasteiger partial charge < -0.3 is 0 Å². The van der Waals surface area contributed by atoms with Crippen molar-refractivity contribution in [2.45, 2.75) is 24.8 Å². The van der Waals surface area contributed by atoms with E-state index in [0.29, 0.717) is 0 Å². The lowest BCUT2D eigenvalue weighted by atomic mass is 9.78. The Morgan fingerprint density at radius 2 is 2.27 bits per heavy atom. The van der Waals surface area contributed by atoms with Gasteiger partial charge in [-0.1, -0.05) is 52.0 Å². The van der Waals surface area contributed by atoms with Crippen LogP contribution in [-0.4, -0.2) is 4.43 Å². The topological polar surface area (TPSA) is 48.8 Å². The lowest BCUT2D eigenvalue weighted by molar-refractivity contribution is 0.421. The van der Waals surface area contributed by atoms with E-state index in [2.05, 4.69) is 50.8 Å². The van der Waals surface area contributed by atoms with E-state index in [1.165, 1.54) is 11.1 Å². The largest absolute Gasteiger partial charge is 0.0853 e. The van der Waals surface area contributed by atoms with Crippen molar-refractivity contribution in [3.63, 3.8) is 0 Å². The van der Waals surface area contributed by atoms with Crippen LogP contribution in [0, 0.1) is 0 Å². The minimum Gasteiger partial charge on any atom is -0.0853 e. The molecule has 0 radical (unpaired) electrons. The summed E-state index contributed by atoms with van der Waals surface area (Å²) in [6, 6.07) is 8.32. The summed E-state index contributed by atoms with van der Waals surface area (Å²) in [7, 11) is 0. The van der Waals surface area contributed by atoms with E-state index >= 15 is 0 Å². The number of fused-ring (bicyclic) bond motifs is 1. The van der Waals surface area contributed by atoms with Crippen molar-refractivity contribution in [2.75, 3.05) is 4.43 Å². The van der Waals surface area contributed by atoms with Crippen molar-refractivity contribution in [3.8, 4) is 0 Å². The average Bonchev–Trinajstić information content (AvgIpc) is 2.30. The molecule has 4 heteroatoms. The molecule has 0 heterocycles. The summed E-state index contributed by atoms with van der Waals surface area (Å²) in [5, 5.41) is 4.05. The zero-order valence-electron chi connectivity index (χ0n) is 8.36. The van der Waals surface area contributed by atoms with Crippen LogP contribution in [0.5, 0.6) is 0 Å². The zero-order chi connectivity index (χ0) is 10.7. The van der Waals surface area contributed by atoms with Gasteiger partial charge >= 0.3 is 0 Å². The molecule has 0 amide bonds. The molecule has 1 unspecified atom stereocenters. The highest BCUT2D eigenvalue weighted by molar-refractivity contribution is 14.1. The van der Waals surface area contributed by atoms with Crippen LogP contribution in [0.1, 0.15) is 24.0 Å². The van der Waals surface area contributed by atoms with Crippen LogP contribution in [0.2, 0.25) is 0 Å². The molecular weight excluding hydrogens is 301 g/mol. The Morgan fingerprint density at radius 3 is 3.00 bits per heavy atom. The van der Waals surface area contributed by atoms with Gasteiger partial charge in [0.1, 0.15) is 0 Å². The fourth-order valence-electron chi connectivity index (χ4n) is 2.25. The van der Waals surface area contributed by atoms with Crippen molar-refractivity contribution in [1.29, 1.82) is 0 Å². The van der Waals surface area contributed by atoms with E-state index in [0.717, 1.165) is 23.7 Å². The van der Waals surface area contributed by atoms with Crippen molar-refractivity contribution in [2.24, 2.45) is 5.11 Å². The summed E-state index contributed by atoms with van der Waals surface area (Å²) in [6.07, 6.45) is 3.19. The summed E-state index contributed by atoms with van der Waals surface area (Å²) < 4.78 is 0.853. The number of halogens is 1. The second-order valence-corrected chi connectivity index (χ2v) is 4.63. The molecule has 0 N–H and O–H groups in total. The van der Waals surface area contributed by atoms with E-state index in [9.17, 15) is 0 Å². The SMILES string of the molecule is [N-]=[N+]=NC1(CI)CCCc2ccccc21. The van der Waals surface area contributed by atoms with Crippen LogP contribution in [0.15, 0.2) is 29.4 Å². The normalized spacial score (nSPS) is 24.1. The smallest absolute Gasteiger partial charge is 0.0829 e. The Labute approximate surface area is 103 Å². The molecule has 2 rings (SSSR count). The molecule has 0 bridgehead atoms. The van der Waals surface area contributed by atoms with Crippen molar-refractivity contribution >= 4 is 22.6 Å². The number of rotatable bonds is 2. The third-order valence-electron chi connectivity index (χ3n) is 3.01. The standard InChI is InChI=1S/C11H12IN3/c12-8-11(14-15-13)7-3-5-9-4-1-2-6-10(9)11/h1-2,4,6H,3,5,7-8H2. The molecule has 0 saturated heterocycles. The maximum Gasteiger partial charge on any atom is 0.0829 e. The number of hydrogen-bond donors (Lipinski definition) is 0. The molecule has 1 aromatic carbocycles. The number of benzene rings is 1. The predicted molar refractivity (Wildman–Crippen MR) is 69.1 cm³/mol. The number of aryl methyl sites for hydroxylation is 1. The molecule has 0 aromatic heterocycles. The van der Waals surface area contributed by atoms with Gasteiger partial charge in [0.2, 0.25) is 0 Å². The highest BCUT2D eigenvalue weighted by Crippen LogP contribution is 2.40. The maximum atomic E-state index is 8.70. The fourth-order valence-corrected chi connectivity index (χ4v) is 3.20. The first kappa shape index (κ1) is 10.8. The molecule has 78 valence electrons. The van der Waals surface area contributed by atoms with Gasteiger partial charge in [0.05, 0.1) is 5.54 Å².